The second-order valence-electron chi connectivity index (χ2n) is 5.64. The lowest BCUT2D eigenvalue weighted by Gasteiger charge is -2.36. The van der Waals surface area contributed by atoms with Crippen LogP contribution in [0.3, 0.4) is 0 Å². The molecule has 0 bridgehead atoms. The van der Waals surface area contributed by atoms with E-state index in [1.807, 2.05) is 27.0 Å². The van der Waals surface area contributed by atoms with E-state index >= 15 is 0 Å². The maximum absolute atomic E-state index is 12.8. The van der Waals surface area contributed by atoms with Gasteiger partial charge in [-0.1, -0.05) is 6.92 Å². The average Bonchev–Trinajstić information content (AvgIpc) is 2.81. The maximum atomic E-state index is 12.8. The van der Waals surface area contributed by atoms with Gasteiger partial charge in [0.05, 0.1) is 0 Å². The fraction of sp³-hybridized carbons (Fsp3) is 0.714. The van der Waals surface area contributed by atoms with E-state index in [2.05, 4.69) is 17.1 Å². The summed E-state index contributed by atoms with van der Waals surface area (Å²) in [4.78, 5) is 3.31. The third-order valence-corrected chi connectivity index (χ3v) is 7.60. The number of nitrogens with zero attached hydrogens (tertiary/aromatic N) is 2. The highest BCUT2D eigenvalue weighted by atomic mass is 32.2. The number of hydrogen-bond acceptors (Lipinski definition) is 5. The predicted octanol–water partition coefficient (Wildman–Crippen LogP) is 1.49. The van der Waals surface area contributed by atoms with Crippen molar-refractivity contribution in [3.63, 3.8) is 0 Å². The molecule has 1 aromatic heterocycles. The summed E-state index contributed by atoms with van der Waals surface area (Å²) in [7, 11) is -1.31. The first-order valence-corrected chi connectivity index (χ1v) is 9.62. The Labute approximate surface area is 132 Å². The van der Waals surface area contributed by atoms with Crippen LogP contribution in [0.1, 0.15) is 24.3 Å². The van der Waals surface area contributed by atoms with Gasteiger partial charge in [0, 0.05) is 37.1 Å². The van der Waals surface area contributed by atoms with Crippen LogP contribution in [0.4, 0.5) is 0 Å². The zero-order valence-corrected chi connectivity index (χ0v) is 14.9. The van der Waals surface area contributed by atoms with Crippen molar-refractivity contribution in [2.24, 2.45) is 0 Å². The molecule has 5 nitrogen and oxygen atoms in total. The Hall–Kier alpha value is -0.470. The van der Waals surface area contributed by atoms with Crippen LogP contribution in [0.25, 0.3) is 0 Å². The molecule has 0 aromatic carbocycles. The van der Waals surface area contributed by atoms with Crippen LogP contribution in [0.2, 0.25) is 0 Å². The number of likely N-dealkylation sites (N-methyl/N-ethyl adjacent to an activating group) is 1. The molecule has 1 unspecified atom stereocenters. The van der Waals surface area contributed by atoms with Gasteiger partial charge >= 0.3 is 0 Å². The minimum Gasteiger partial charge on any atom is -0.312 e. The van der Waals surface area contributed by atoms with Gasteiger partial charge in [-0.2, -0.15) is 4.31 Å². The van der Waals surface area contributed by atoms with Gasteiger partial charge < -0.3 is 10.2 Å². The second-order valence-corrected chi connectivity index (χ2v) is 8.95. The normalized spacial score (nSPS) is 21.8. The molecule has 1 fully saturated rings. The van der Waals surface area contributed by atoms with Crippen LogP contribution in [0.5, 0.6) is 0 Å². The smallest absolute Gasteiger partial charge is 0.252 e. The summed E-state index contributed by atoms with van der Waals surface area (Å²) >= 11 is 1.40. The largest absolute Gasteiger partial charge is 0.312 e. The molecular formula is C14H25N3O2S2. The Morgan fingerprint density at radius 1 is 1.43 bits per heavy atom. The molecule has 1 atom stereocenters. The number of hydrogen-bond donors (Lipinski definition) is 1. The Balaban J connectivity index is 2.20. The van der Waals surface area contributed by atoms with Gasteiger partial charge in [0.25, 0.3) is 10.0 Å². The molecule has 120 valence electrons. The van der Waals surface area contributed by atoms with Crippen molar-refractivity contribution in [3.8, 4) is 0 Å². The van der Waals surface area contributed by atoms with E-state index in [1.54, 1.807) is 4.31 Å². The van der Waals surface area contributed by atoms with Gasteiger partial charge in [0.2, 0.25) is 0 Å². The molecule has 0 amide bonds. The number of nitrogens with one attached hydrogen (secondary N) is 1. The molecule has 1 N–H and O–H groups in total. The molecule has 2 rings (SSSR count). The summed E-state index contributed by atoms with van der Waals surface area (Å²) in [6, 6.07) is 2.08. The fourth-order valence-corrected chi connectivity index (χ4v) is 5.62. The molecule has 21 heavy (non-hydrogen) atoms. The van der Waals surface area contributed by atoms with Crippen LogP contribution >= 0.6 is 11.3 Å². The van der Waals surface area contributed by atoms with Gasteiger partial charge in [-0.3, -0.25) is 0 Å². The molecule has 7 heteroatoms. The SMILES string of the molecule is CCNCc1sc(S(=O)(=O)N2CCN(C)C(C)C2)cc1C. The van der Waals surface area contributed by atoms with Gasteiger partial charge in [-0.05, 0) is 39.1 Å². The van der Waals surface area contributed by atoms with E-state index in [-0.39, 0.29) is 6.04 Å². The van der Waals surface area contributed by atoms with Crippen molar-refractivity contribution in [3.05, 3.63) is 16.5 Å². The third-order valence-electron chi connectivity index (χ3n) is 4.05. The highest BCUT2D eigenvalue weighted by Crippen LogP contribution is 2.29. The Bertz CT molecular complexity index is 583. The van der Waals surface area contributed by atoms with E-state index in [1.165, 1.54) is 11.3 Å². The van der Waals surface area contributed by atoms with Crippen molar-refractivity contribution in [1.82, 2.24) is 14.5 Å². The van der Waals surface area contributed by atoms with Gasteiger partial charge in [-0.15, -0.1) is 11.3 Å². The van der Waals surface area contributed by atoms with Crippen LogP contribution in [-0.4, -0.2) is 56.9 Å². The van der Waals surface area contributed by atoms with Crippen molar-refractivity contribution in [2.75, 3.05) is 33.2 Å². The Morgan fingerprint density at radius 2 is 2.14 bits per heavy atom. The zero-order chi connectivity index (χ0) is 15.6. The summed E-state index contributed by atoms with van der Waals surface area (Å²) in [6.45, 7) is 9.64. The first kappa shape index (κ1) is 16.9. The van der Waals surface area contributed by atoms with E-state index < -0.39 is 10.0 Å². The molecule has 0 aliphatic carbocycles. The highest BCUT2D eigenvalue weighted by molar-refractivity contribution is 7.91. The van der Waals surface area contributed by atoms with E-state index in [4.69, 9.17) is 0 Å². The van der Waals surface area contributed by atoms with Gasteiger partial charge in [0.1, 0.15) is 4.21 Å². The van der Waals surface area contributed by atoms with Crippen LogP contribution < -0.4 is 5.32 Å². The first-order valence-electron chi connectivity index (χ1n) is 7.36. The molecule has 1 aromatic rings. The monoisotopic (exact) mass is 331 g/mol. The highest BCUT2D eigenvalue weighted by Gasteiger charge is 2.32. The molecule has 1 aliphatic rings. The first-order chi connectivity index (χ1) is 9.86. The van der Waals surface area contributed by atoms with Gasteiger partial charge in [0.15, 0.2) is 0 Å². The van der Waals surface area contributed by atoms with E-state index in [0.717, 1.165) is 30.1 Å². The number of aryl methyl sites for hydroxylation is 1. The average molecular weight is 332 g/mol. The molecule has 1 aliphatic heterocycles. The van der Waals surface area contributed by atoms with Crippen molar-refractivity contribution in [1.29, 1.82) is 0 Å². The Morgan fingerprint density at radius 3 is 2.76 bits per heavy atom. The van der Waals surface area contributed by atoms with Crippen LogP contribution in [0.15, 0.2) is 10.3 Å². The van der Waals surface area contributed by atoms with E-state index in [9.17, 15) is 8.42 Å². The minimum atomic E-state index is -3.35. The minimum absolute atomic E-state index is 0.260. The summed E-state index contributed by atoms with van der Waals surface area (Å²) < 4.78 is 27.7. The number of rotatable bonds is 5. The molecule has 0 saturated carbocycles. The van der Waals surface area contributed by atoms with Crippen LogP contribution in [0, 0.1) is 6.92 Å². The predicted molar refractivity (Wildman–Crippen MR) is 87.3 cm³/mol. The molecular weight excluding hydrogens is 306 g/mol. The number of thiophene rings is 1. The Kier molecular flexibility index (Phi) is 5.43. The topological polar surface area (TPSA) is 52.7 Å². The standard InChI is InChI=1S/C14H25N3O2S2/c1-5-15-9-13-11(2)8-14(20-13)21(18,19)17-7-6-16(4)12(3)10-17/h8,12,15H,5-7,9-10H2,1-4H3. The molecule has 0 spiro atoms. The lowest BCUT2D eigenvalue weighted by atomic mass is 10.2. The maximum Gasteiger partial charge on any atom is 0.252 e. The number of sulfonamides is 1. The third kappa shape index (κ3) is 3.65. The lowest BCUT2D eigenvalue weighted by molar-refractivity contribution is 0.160. The van der Waals surface area contributed by atoms with Crippen molar-refractivity contribution in [2.45, 2.75) is 37.6 Å². The summed E-state index contributed by atoms with van der Waals surface area (Å²) in [5.41, 5.74) is 1.06. The second kappa shape index (κ2) is 6.75. The van der Waals surface area contributed by atoms with Crippen molar-refractivity contribution >= 4 is 21.4 Å². The lowest BCUT2D eigenvalue weighted by Crippen LogP contribution is -2.51. The molecule has 2 heterocycles. The quantitative estimate of drug-likeness (QED) is 0.888. The fourth-order valence-electron chi connectivity index (χ4n) is 2.39. The molecule has 1 saturated heterocycles. The number of piperazine rings is 1. The van der Waals surface area contributed by atoms with Gasteiger partial charge in [-0.25, -0.2) is 8.42 Å². The summed E-state index contributed by atoms with van der Waals surface area (Å²) in [5, 5.41) is 3.26. The van der Waals surface area contributed by atoms with Crippen molar-refractivity contribution < 1.29 is 8.42 Å². The summed E-state index contributed by atoms with van der Waals surface area (Å²) in [6.07, 6.45) is 0. The van der Waals surface area contributed by atoms with E-state index in [0.29, 0.717) is 17.3 Å². The summed E-state index contributed by atoms with van der Waals surface area (Å²) in [5.74, 6) is 0. The zero-order valence-electron chi connectivity index (χ0n) is 13.2. The van der Waals surface area contributed by atoms with Crippen LogP contribution in [-0.2, 0) is 16.6 Å². The molecule has 0 radical (unpaired) electrons.